The Morgan fingerprint density at radius 2 is 1.92 bits per heavy atom. The van der Waals surface area contributed by atoms with E-state index in [1.807, 2.05) is 0 Å². The Bertz CT molecular complexity index is 171. The van der Waals surface area contributed by atoms with Crippen molar-refractivity contribution in [2.24, 2.45) is 5.92 Å². The van der Waals surface area contributed by atoms with E-state index in [1.165, 1.54) is 12.8 Å². The fourth-order valence-corrected chi connectivity index (χ4v) is 1.83. The molecule has 0 bridgehead atoms. The largest absolute Gasteiger partial charge is 0.377 e. The number of hydrogen-bond acceptors (Lipinski definition) is 2. The van der Waals surface area contributed by atoms with Crippen LogP contribution in [0.15, 0.2) is 0 Å². The summed E-state index contributed by atoms with van der Waals surface area (Å²) in [7, 11) is 0. The topological polar surface area (TPSA) is 38.3 Å². The molecule has 0 unspecified atom stereocenters. The Balaban J connectivity index is 1.74. The summed E-state index contributed by atoms with van der Waals surface area (Å²) in [4.78, 5) is 11.5. The molecule has 68 valence electrons. The van der Waals surface area contributed by atoms with Gasteiger partial charge in [-0.25, -0.2) is 0 Å². The van der Waals surface area contributed by atoms with Crippen LogP contribution < -0.4 is 5.32 Å². The summed E-state index contributed by atoms with van der Waals surface area (Å²) in [6.45, 7) is 1.41. The molecule has 2 fully saturated rings. The lowest BCUT2D eigenvalue weighted by atomic mass is 10.1. The van der Waals surface area contributed by atoms with Crippen molar-refractivity contribution >= 4 is 5.91 Å². The van der Waals surface area contributed by atoms with Crippen LogP contribution in [0.4, 0.5) is 0 Å². The summed E-state index contributed by atoms with van der Waals surface area (Å²) in [6.07, 6.45) is 4.61. The van der Waals surface area contributed by atoms with Gasteiger partial charge in [0.25, 0.3) is 0 Å². The molecule has 1 saturated heterocycles. The van der Waals surface area contributed by atoms with Crippen LogP contribution in [-0.4, -0.2) is 25.2 Å². The van der Waals surface area contributed by atoms with Crippen LogP contribution in [-0.2, 0) is 9.53 Å². The van der Waals surface area contributed by atoms with E-state index in [2.05, 4.69) is 5.32 Å². The van der Waals surface area contributed by atoms with Gasteiger partial charge in [-0.3, -0.25) is 4.79 Å². The molecule has 1 amide bonds. The van der Waals surface area contributed by atoms with Gasteiger partial charge < -0.3 is 10.1 Å². The number of carbonyl (C=O) groups is 1. The van der Waals surface area contributed by atoms with Crippen LogP contribution >= 0.6 is 0 Å². The van der Waals surface area contributed by atoms with Gasteiger partial charge in [-0.05, 0) is 12.8 Å². The molecular formula is C9H15NO2. The van der Waals surface area contributed by atoms with Gasteiger partial charge >= 0.3 is 0 Å². The SMILES string of the molecule is O=C(NC1COC1)C1CCCC1. The standard InChI is InChI=1S/C9H15NO2/c11-9(7-3-1-2-4-7)10-8-5-12-6-8/h7-8H,1-6H2,(H,10,11). The molecule has 1 heterocycles. The minimum Gasteiger partial charge on any atom is -0.377 e. The molecule has 1 N–H and O–H groups in total. The van der Waals surface area contributed by atoms with Crippen molar-refractivity contribution in [2.45, 2.75) is 31.7 Å². The van der Waals surface area contributed by atoms with Gasteiger partial charge in [-0.2, -0.15) is 0 Å². The van der Waals surface area contributed by atoms with E-state index in [-0.39, 0.29) is 5.91 Å². The first-order valence-electron chi connectivity index (χ1n) is 4.74. The number of carbonyl (C=O) groups excluding carboxylic acids is 1. The summed E-state index contributed by atoms with van der Waals surface area (Å²) in [5.74, 6) is 0.548. The van der Waals surface area contributed by atoms with E-state index in [9.17, 15) is 4.79 Å². The van der Waals surface area contributed by atoms with Gasteiger partial charge in [0.15, 0.2) is 0 Å². The van der Waals surface area contributed by atoms with Crippen molar-refractivity contribution in [3.05, 3.63) is 0 Å². The Hall–Kier alpha value is -0.570. The summed E-state index contributed by atoms with van der Waals surface area (Å²) in [5.41, 5.74) is 0. The lowest BCUT2D eigenvalue weighted by molar-refractivity contribution is -0.129. The minimum atomic E-state index is 0.251. The van der Waals surface area contributed by atoms with Crippen LogP contribution in [0, 0.1) is 5.92 Å². The quantitative estimate of drug-likeness (QED) is 0.660. The second-order valence-electron chi connectivity index (χ2n) is 3.72. The lowest BCUT2D eigenvalue weighted by Gasteiger charge is -2.27. The molecule has 1 aliphatic heterocycles. The average molecular weight is 169 g/mol. The molecule has 2 rings (SSSR count). The second-order valence-corrected chi connectivity index (χ2v) is 3.72. The van der Waals surface area contributed by atoms with Gasteiger partial charge in [0.05, 0.1) is 19.3 Å². The molecule has 0 aromatic heterocycles. The second kappa shape index (κ2) is 3.44. The van der Waals surface area contributed by atoms with E-state index < -0.39 is 0 Å². The monoisotopic (exact) mass is 169 g/mol. The maximum absolute atomic E-state index is 11.5. The smallest absolute Gasteiger partial charge is 0.223 e. The van der Waals surface area contributed by atoms with Gasteiger partial charge in [0.1, 0.15) is 0 Å². The molecule has 12 heavy (non-hydrogen) atoms. The third-order valence-electron chi connectivity index (χ3n) is 2.71. The molecule has 0 radical (unpaired) electrons. The van der Waals surface area contributed by atoms with Crippen molar-refractivity contribution in [1.82, 2.24) is 5.32 Å². The highest BCUT2D eigenvalue weighted by molar-refractivity contribution is 5.79. The average Bonchev–Trinajstić information content (AvgIpc) is 2.47. The zero-order chi connectivity index (χ0) is 8.39. The van der Waals surface area contributed by atoms with Crippen molar-refractivity contribution in [1.29, 1.82) is 0 Å². The fraction of sp³-hybridized carbons (Fsp3) is 0.889. The van der Waals surface area contributed by atoms with E-state index in [4.69, 9.17) is 4.74 Å². The molecule has 0 atom stereocenters. The lowest BCUT2D eigenvalue weighted by Crippen LogP contribution is -2.50. The summed E-state index contributed by atoms with van der Waals surface area (Å²) >= 11 is 0. The Morgan fingerprint density at radius 3 is 2.42 bits per heavy atom. The maximum atomic E-state index is 11.5. The van der Waals surface area contributed by atoms with Crippen molar-refractivity contribution in [3.8, 4) is 0 Å². The first kappa shape index (κ1) is 8.05. The summed E-state index contributed by atoms with van der Waals surface area (Å²) in [6, 6.07) is 0.304. The number of hydrogen-bond donors (Lipinski definition) is 1. The van der Waals surface area contributed by atoms with Gasteiger partial charge in [0.2, 0.25) is 5.91 Å². The van der Waals surface area contributed by atoms with Crippen LogP contribution in [0.5, 0.6) is 0 Å². The normalized spacial score (nSPS) is 25.3. The molecule has 3 nitrogen and oxygen atoms in total. The Morgan fingerprint density at radius 1 is 1.25 bits per heavy atom. The van der Waals surface area contributed by atoms with E-state index in [1.54, 1.807) is 0 Å². The molecule has 2 aliphatic rings. The predicted octanol–water partition coefficient (Wildman–Crippen LogP) is 0.692. The molecule has 3 heteroatoms. The predicted molar refractivity (Wildman–Crippen MR) is 44.7 cm³/mol. The van der Waals surface area contributed by atoms with Gasteiger partial charge in [0, 0.05) is 5.92 Å². The van der Waals surface area contributed by atoms with Crippen LogP contribution in [0.3, 0.4) is 0 Å². The van der Waals surface area contributed by atoms with Crippen LogP contribution in [0.1, 0.15) is 25.7 Å². The summed E-state index contributed by atoms with van der Waals surface area (Å²) in [5, 5.41) is 2.99. The number of amides is 1. The molecular weight excluding hydrogens is 154 g/mol. The minimum absolute atomic E-state index is 0.251. The van der Waals surface area contributed by atoms with Crippen molar-refractivity contribution in [2.75, 3.05) is 13.2 Å². The molecule has 1 aliphatic carbocycles. The number of nitrogens with one attached hydrogen (secondary N) is 1. The third kappa shape index (κ3) is 1.61. The highest BCUT2D eigenvalue weighted by Gasteiger charge is 2.27. The van der Waals surface area contributed by atoms with Crippen molar-refractivity contribution < 1.29 is 9.53 Å². The fourth-order valence-electron chi connectivity index (χ4n) is 1.83. The third-order valence-corrected chi connectivity index (χ3v) is 2.71. The molecule has 1 saturated carbocycles. The Kier molecular flexibility index (Phi) is 2.30. The van der Waals surface area contributed by atoms with Crippen LogP contribution in [0.25, 0.3) is 0 Å². The molecule has 0 spiro atoms. The maximum Gasteiger partial charge on any atom is 0.223 e. The van der Waals surface area contributed by atoms with E-state index >= 15 is 0 Å². The molecule has 0 aromatic rings. The van der Waals surface area contributed by atoms with E-state index in [0.717, 1.165) is 12.8 Å². The highest BCUT2D eigenvalue weighted by atomic mass is 16.5. The van der Waals surface area contributed by atoms with Gasteiger partial charge in [-0.15, -0.1) is 0 Å². The van der Waals surface area contributed by atoms with Crippen LogP contribution in [0.2, 0.25) is 0 Å². The highest BCUT2D eigenvalue weighted by Crippen LogP contribution is 2.24. The number of ether oxygens (including phenoxy) is 1. The van der Waals surface area contributed by atoms with Crippen molar-refractivity contribution in [3.63, 3.8) is 0 Å². The first-order chi connectivity index (χ1) is 5.86. The zero-order valence-electron chi connectivity index (χ0n) is 7.21. The van der Waals surface area contributed by atoms with Gasteiger partial charge in [-0.1, -0.05) is 12.8 Å². The molecule has 0 aromatic carbocycles. The Labute approximate surface area is 72.5 Å². The zero-order valence-corrected chi connectivity index (χ0v) is 7.21. The number of rotatable bonds is 2. The first-order valence-corrected chi connectivity index (χ1v) is 4.74. The summed E-state index contributed by atoms with van der Waals surface area (Å²) < 4.78 is 4.98. The van der Waals surface area contributed by atoms with E-state index in [0.29, 0.717) is 25.2 Å².